The van der Waals surface area contributed by atoms with E-state index in [1.54, 1.807) is 34.6 Å². The van der Waals surface area contributed by atoms with Crippen molar-refractivity contribution in [3.63, 3.8) is 0 Å². The molecule has 222 valence electrons. The van der Waals surface area contributed by atoms with Crippen molar-refractivity contribution >= 4 is 34.7 Å². The van der Waals surface area contributed by atoms with Crippen molar-refractivity contribution in [3.05, 3.63) is 40.8 Å². The van der Waals surface area contributed by atoms with Gasteiger partial charge in [-0.1, -0.05) is 22.9 Å². The van der Waals surface area contributed by atoms with Crippen LogP contribution in [0.15, 0.2) is 24.3 Å². The van der Waals surface area contributed by atoms with E-state index in [4.69, 9.17) is 25.8 Å². The van der Waals surface area contributed by atoms with E-state index in [1.807, 2.05) is 26.0 Å². The lowest BCUT2D eigenvalue weighted by Crippen LogP contribution is -2.52. The summed E-state index contributed by atoms with van der Waals surface area (Å²) in [4.78, 5) is 19.1. The minimum atomic E-state index is -0.927. The smallest absolute Gasteiger partial charge is 0.413 e. The number of carbonyl (C=O) groups is 1. The Labute approximate surface area is 249 Å². The zero-order valence-electron chi connectivity index (χ0n) is 24.8. The highest BCUT2D eigenvalue weighted by atomic mass is 35.5. The summed E-state index contributed by atoms with van der Waals surface area (Å²) in [5, 5.41) is 13.1. The Balaban J connectivity index is 1.51. The van der Waals surface area contributed by atoms with Crippen LogP contribution in [0, 0.1) is 12.7 Å². The first-order valence-electron chi connectivity index (χ1n) is 13.5. The molecule has 0 unspecified atom stereocenters. The third-order valence-electron chi connectivity index (χ3n) is 6.35. The molecule has 1 saturated heterocycles. The van der Waals surface area contributed by atoms with Crippen LogP contribution < -0.4 is 10.1 Å². The maximum absolute atomic E-state index is 15.3. The third-order valence-corrected chi connectivity index (χ3v) is 7.65. The first-order chi connectivity index (χ1) is 19.1. The largest absolute Gasteiger partial charge is 0.488 e. The topological polar surface area (TPSA) is 98.7 Å². The molecule has 0 aliphatic carbocycles. The molecular weight excluding hydrogens is 569 g/mol. The maximum Gasteiger partial charge on any atom is 0.413 e. The molecule has 3 aromatic rings. The second kappa shape index (κ2) is 11.7. The summed E-state index contributed by atoms with van der Waals surface area (Å²) in [5.41, 5.74) is 1.24. The number of benzene rings is 1. The molecule has 1 aliphatic rings. The summed E-state index contributed by atoms with van der Waals surface area (Å²) in [7, 11) is 0. The molecule has 3 heterocycles. The molecule has 0 bridgehead atoms. The van der Waals surface area contributed by atoms with Crippen LogP contribution in [0.3, 0.4) is 0 Å². The van der Waals surface area contributed by atoms with Gasteiger partial charge in [-0.2, -0.15) is 0 Å². The molecule has 1 fully saturated rings. The van der Waals surface area contributed by atoms with Crippen LogP contribution in [0.1, 0.15) is 61.1 Å². The van der Waals surface area contributed by atoms with Crippen molar-refractivity contribution in [1.82, 2.24) is 20.1 Å². The predicted octanol–water partition coefficient (Wildman–Crippen LogP) is 7.33. The van der Waals surface area contributed by atoms with Crippen molar-refractivity contribution in [3.8, 4) is 27.0 Å². The Kier molecular flexibility index (Phi) is 8.82. The lowest BCUT2D eigenvalue weighted by molar-refractivity contribution is -0.0760. The second-order valence-electron chi connectivity index (χ2n) is 11.8. The Bertz CT molecular complexity index is 1420. The number of anilines is 1. The van der Waals surface area contributed by atoms with Crippen LogP contribution in [-0.2, 0) is 9.47 Å². The molecule has 1 aliphatic heterocycles. The first kappa shape index (κ1) is 30.9. The van der Waals surface area contributed by atoms with Crippen molar-refractivity contribution < 1.29 is 23.4 Å². The molecule has 0 radical (unpaired) electrons. The number of aromatic nitrogens is 3. The normalized spacial score (nSPS) is 18.6. The van der Waals surface area contributed by atoms with E-state index in [9.17, 15) is 4.79 Å². The minimum Gasteiger partial charge on any atom is -0.488 e. The molecule has 41 heavy (non-hydrogen) atoms. The standard InChI is InChI=1S/C29H37ClFN5O4S/c1-15(2)32-21-10-11-22(33-16(21)3)26-35-34-25(41-26)18-12-20(31)24(13-19(18)30)38-14-23-17(4)39-29(8,9)36(23)27(37)40-28(5,6)7/h10-13,15,17,23,32H,14H2,1-9H3/t17-,23+/m1/s1. The summed E-state index contributed by atoms with van der Waals surface area (Å²) in [5.74, 6) is -0.663. The van der Waals surface area contributed by atoms with E-state index in [0.717, 1.165) is 11.4 Å². The Morgan fingerprint density at radius 1 is 1.24 bits per heavy atom. The maximum atomic E-state index is 15.3. The minimum absolute atomic E-state index is 0.0218. The van der Waals surface area contributed by atoms with Gasteiger partial charge < -0.3 is 19.5 Å². The van der Waals surface area contributed by atoms with Crippen LogP contribution in [0.25, 0.3) is 21.3 Å². The highest BCUT2D eigenvalue weighted by molar-refractivity contribution is 7.18. The number of halogens is 2. The van der Waals surface area contributed by atoms with Gasteiger partial charge in [0.25, 0.3) is 0 Å². The number of pyridine rings is 1. The number of amides is 1. The fraction of sp³-hybridized carbons (Fsp3) is 0.517. The summed E-state index contributed by atoms with van der Waals surface area (Å²) < 4.78 is 32.7. The summed E-state index contributed by atoms with van der Waals surface area (Å²) in [6, 6.07) is 6.28. The van der Waals surface area contributed by atoms with E-state index >= 15 is 4.39 Å². The average molecular weight is 606 g/mol. The van der Waals surface area contributed by atoms with Crippen LogP contribution in [0.2, 0.25) is 5.02 Å². The molecule has 2 atom stereocenters. The Morgan fingerprint density at radius 3 is 2.56 bits per heavy atom. The summed E-state index contributed by atoms with van der Waals surface area (Å²) >= 11 is 7.83. The molecule has 1 aromatic carbocycles. The van der Waals surface area contributed by atoms with E-state index in [2.05, 4.69) is 34.3 Å². The van der Waals surface area contributed by atoms with Crippen molar-refractivity contribution in [2.45, 2.75) is 91.8 Å². The number of carbonyl (C=O) groups excluding carboxylic acids is 1. The van der Waals surface area contributed by atoms with Gasteiger partial charge in [0.2, 0.25) is 0 Å². The molecule has 2 aromatic heterocycles. The van der Waals surface area contributed by atoms with Gasteiger partial charge in [-0.15, -0.1) is 10.2 Å². The molecule has 12 heteroatoms. The number of nitrogens with zero attached hydrogens (tertiary/aromatic N) is 4. The van der Waals surface area contributed by atoms with Crippen molar-refractivity contribution in [2.24, 2.45) is 0 Å². The molecule has 1 N–H and O–H groups in total. The van der Waals surface area contributed by atoms with E-state index < -0.39 is 29.3 Å². The van der Waals surface area contributed by atoms with Gasteiger partial charge in [0, 0.05) is 17.7 Å². The highest BCUT2D eigenvalue weighted by Crippen LogP contribution is 2.38. The van der Waals surface area contributed by atoms with Crippen molar-refractivity contribution in [1.29, 1.82) is 0 Å². The fourth-order valence-electron chi connectivity index (χ4n) is 4.63. The summed E-state index contributed by atoms with van der Waals surface area (Å²) in [6.07, 6.45) is -0.903. The third kappa shape index (κ3) is 7.07. The van der Waals surface area contributed by atoms with Gasteiger partial charge in [-0.25, -0.2) is 14.2 Å². The zero-order valence-corrected chi connectivity index (χ0v) is 26.4. The lowest BCUT2D eigenvalue weighted by Gasteiger charge is -2.35. The number of hydrogen-bond donors (Lipinski definition) is 1. The van der Waals surface area contributed by atoms with Gasteiger partial charge in [-0.3, -0.25) is 4.90 Å². The monoisotopic (exact) mass is 605 g/mol. The van der Waals surface area contributed by atoms with Gasteiger partial charge in [0.05, 0.1) is 28.5 Å². The van der Waals surface area contributed by atoms with Gasteiger partial charge in [-0.05, 0) is 80.5 Å². The summed E-state index contributed by atoms with van der Waals surface area (Å²) in [6.45, 7) is 16.8. The van der Waals surface area contributed by atoms with Crippen LogP contribution >= 0.6 is 22.9 Å². The number of rotatable bonds is 7. The quantitative estimate of drug-likeness (QED) is 0.299. The van der Waals surface area contributed by atoms with E-state index in [0.29, 0.717) is 21.3 Å². The number of nitrogens with one attached hydrogen (secondary N) is 1. The van der Waals surface area contributed by atoms with E-state index in [-0.39, 0.29) is 29.5 Å². The fourth-order valence-corrected chi connectivity index (χ4v) is 5.78. The van der Waals surface area contributed by atoms with Crippen LogP contribution in [0.4, 0.5) is 14.9 Å². The second-order valence-corrected chi connectivity index (χ2v) is 13.2. The first-order valence-corrected chi connectivity index (χ1v) is 14.7. The molecule has 4 rings (SSSR count). The van der Waals surface area contributed by atoms with Gasteiger partial charge >= 0.3 is 6.09 Å². The molecule has 0 saturated carbocycles. The van der Waals surface area contributed by atoms with Gasteiger partial charge in [0.1, 0.15) is 28.6 Å². The number of aryl methyl sites for hydroxylation is 1. The van der Waals surface area contributed by atoms with Gasteiger partial charge in [0.15, 0.2) is 16.6 Å². The van der Waals surface area contributed by atoms with Crippen molar-refractivity contribution in [2.75, 3.05) is 11.9 Å². The van der Waals surface area contributed by atoms with E-state index in [1.165, 1.54) is 28.4 Å². The number of hydrogen-bond acceptors (Lipinski definition) is 9. The average Bonchev–Trinajstić information content (AvgIpc) is 3.41. The molecule has 0 spiro atoms. The number of ether oxygens (including phenoxy) is 3. The predicted molar refractivity (Wildman–Crippen MR) is 159 cm³/mol. The zero-order chi connectivity index (χ0) is 30.3. The molecule has 9 nitrogen and oxygen atoms in total. The van der Waals surface area contributed by atoms with Crippen LogP contribution in [0.5, 0.6) is 5.75 Å². The SMILES string of the molecule is Cc1nc(-c2nnc(-c3cc(F)c(OC[C@H]4[C@@H](C)OC(C)(C)N4C(=O)OC(C)(C)C)cc3Cl)s2)ccc1NC(C)C. The molecule has 1 amide bonds. The molecular formula is C29H37ClFN5O4S. The Hall–Kier alpha value is -3.02. The Morgan fingerprint density at radius 2 is 1.93 bits per heavy atom. The lowest BCUT2D eigenvalue weighted by atomic mass is 10.1. The van der Waals surface area contributed by atoms with Crippen LogP contribution in [-0.4, -0.2) is 62.3 Å². The highest BCUT2D eigenvalue weighted by Gasteiger charge is 2.50.